The van der Waals surface area contributed by atoms with Crippen molar-refractivity contribution < 1.29 is 9.53 Å². The number of ether oxygens (including phenoxy) is 1. The molecule has 0 saturated carbocycles. The van der Waals surface area contributed by atoms with Gasteiger partial charge >= 0.3 is 5.97 Å². The number of carbonyl (C=O) groups is 1. The third-order valence-electron chi connectivity index (χ3n) is 2.50. The van der Waals surface area contributed by atoms with E-state index in [2.05, 4.69) is 4.90 Å². The summed E-state index contributed by atoms with van der Waals surface area (Å²) in [6.45, 7) is 7.96. The Hall–Kier alpha value is -0.610. The molecule has 0 spiro atoms. The first-order chi connectivity index (χ1) is 6.92. The molecule has 1 saturated heterocycles. The maximum Gasteiger partial charge on any atom is 0.310 e. The molecule has 1 atom stereocenters. The lowest BCUT2D eigenvalue weighted by molar-refractivity contribution is -0.161. The topological polar surface area (TPSA) is 55.6 Å². The highest BCUT2D eigenvalue weighted by molar-refractivity contribution is 5.73. The number of hydrogen-bond acceptors (Lipinski definition) is 4. The van der Waals surface area contributed by atoms with Gasteiger partial charge in [-0.2, -0.15) is 0 Å². The van der Waals surface area contributed by atoms with E-state index in [1.165, 1.54) is 0 Å². The van der Waals surface area contributed by atoms with Crippen molar-refractivity contribution in [2.45, 2.75) is 39.2 Å². The number of nitrogens with two attached hydrogens (primary N) is 1. The van der Waals surface area contributed by atoms with Crippen molar-refractivity contribution in [3.05, 3.63) is 0 Å². The summed E-state index contributed by atoms with van der Waals surface area (Å²) in [5.74, 6) is -0.0813. The Morgan fingerprint density at radius 3 is 2.73 bits per heavy atom. The normalized spacial score (nSPS) is 23.9. The Kier molecular flexibility index (Phi) is 4.11. The van der Waals surface area contributed by atoms with Gasteiger partial charge in [0.1, 0.15) is 5.60 Å². The summed E-state index contributed by atoms with van der Waals surface area (Å²) in [7, 11) is 0. The standard InChI is InChI=1S/C11H22N2O2/c1-11(2,3)15-10(14)9-5-4-6-13(7-9)8-12/h9H,4-8,12H2,1-3H3/t9-/m0/s1. The minimum absolute atomic E-state index is 0.00141. The van der Waals surface area contributed by atoms with Crippen LogP contribution >= 0.6 is 0 Å². The SMILES string of the molecule is CC(C)(C)OC(=O)[C@H]1CCCN(CN)C1. The van der Waals surface area contributed by atoms with E-state index in [9.17, 15) is 4.79 Å². The molecule has 0 aromatic carbocycles. The van der Waals surface area contributed by atoms with Crippen LogP contribution in [0.5, 0.6) is 0 Å². The first-order valence-corrected chi connectivity index (χ1v) is 5.57. The number of carbonyl (C=O) groups excluding carboxylic acids is 1. The van der Waals surface area contributed by atoms with Crippen LogP contribution in [-0.2, 0) is 9.53 Å². The van der Waals surface area contributed by atoms with Crippen LogP contribution in [0.25, 0.3) is 0 Å². The number of nitrogens with zero attached hydrogens (tertiary/aromatic N) is 1. The number of piperidine rings is 1. The summed E-state index contributed by atoms with van der Waals surface area (Å²) in [4.78, 5) is 13.9. The molecule has 1 aliphatic heterocycles. The van der Waals surface area contributed by atoms with E-state index >= 15 is 0 Å². The van der Waals surface area contributed by atoms with Crippen LogP contribution in [0.4, 0.5) is 0 Å². The zero-order chi connectivity index (χ0) is 11.5. The second-order valence-corrected chi connectivity index (χ2v) is 5.13. The number of likely N-dealkylation sites (tertiary alicyclic amines) is 1. The highest BCUT2D eigenvalue weighted by Crippen LogP contribution is 2.19. The average molecular weight is 214 g/mol. The molecule has 0 aromatic rings. The molecule has 0 aromatic heterocycles. The maximum atomic E-state index is 11.8. The first-order valence-electron chi connectivity index (χ1n) is 5.57. The molecule has 2 N–H and O–H groups in total. The van der Waals surface area contributed by atoms with Gasteiger partial charge < -0.3 is 10.5 Å². The largest absolute Gasteiger partial charge is 0.460 e. The summed E-state index contributed by atoms with van der Waals surface area (Å²) in [5.41, 5.74) is 5.18. The molecule has 1 fully saturated rings. The third-order valence-corrected chi connectivity index (χ3v) is 2.50. The molecular weight excluding hydrogens is 192 g/mol. The van der Waals surface area contributed by atoms with Crippen LogP contribution in [0.3, 0.4) is 0 Å². The fourth-order valence-electron chi connectivity index (χ4n) is 1.80. The lowest BCUT2D eigenvalue weighted by Crippen LogP contribution is -2.43. The highest BCUT2D eigenvalue weighted by Gasteiger charge is 2.29. The Labute approximate surface area is 91.8 Å². The molecule has 1 rings (SSSR count). The molecule has 88 valence electrons. The second-order valence-electron chi connectivity index (χ2n) is 5.13. The van der Waals surface area contributed by atoms with Crippen molar-refractivity contribution >= 4 is 5.97 Å². The number of esters is 1. The van der Waals surface area contributed by atoms with Gasteiger partial charge in [-0.15, -0.1) is 0 Å². The molecule has 0 bridgehead atoms. The lowest BCUT2D eigenvalue weighted by atomic mass is 9.98. The Balaban J connectivity index is 2.45. The van der Waals surface area contributed by atoms with E-state index in [-0.39, 0.29) is 17.5 Å². The van der Waals surface area contributed by atoms with Crippen LogP contribution in [-0.4, -0.2) is 36.2 Å². The van der Waals surface area contributed by atoms with Crippen LogP contribution in [0.2, 0.25) is 0 Å². The summed E-state index contributed by atoms with van der Waals surface area (Å²) < 4.78 is 5.36. The van der Waals surface area contributed by atoms with Gasteiger partial charge in [0.25, 0.3) is 0 Å². The van der Waals surface area contributed by atoms with Gasteiger partial charge in [-0.05, 0) is 40.2 Å². The van der Waals surface area contributed by atoms with Crippen LogP contribution in [0.15, 0.2) is 0 Å². The van der Waals surface area contributed by atoms with E-state index in [1.807, 2.05) is 20.8 Å². The zero-order valence-electron chi connectivity index (χ0n) is 9.95. The average Bonchev–Trinajstić information content (AvgIpc) is 2.15. The van der Waals surface area contributed by atoms with Gasteiger partial charge in [0.15, 0.2) is 0 Å². The fourth-order valence-corrected chi connectivity index (χ4v) is 1.80. The van der Waals surface area contributed by atoms with Crippen LogP contribution in [0, 0.1) is 5.92 Å². The summed E-state index contributed by atoms with van der Waals surface area (Å²) in [5, 5.41) is 0. The van der Waals surface area contributed by atoms with Crippen LogP contribution in [0.1, 0.15) is 33.6 Å². The van der Waals surface area contributed by atoms with Crippen molar-refractivity contribution in [3.8, 4) is 0 Å². The Morgan fingerprint density at radius 2 is 2.20 bits per heavy atom. The smallest absolute Gasteiger partial charge is 0.310 e. The van der Waals surface area contributed by atoms with E-state index < -0.39 is 0 Å². The molecule has 1 aliphatic rings. The van der Waals surface area contributed by atoms with E-state index in [0.29, 0.717) is 6.67 Å². The number of rotatable bonds is 2. The molecular formula is C11H22N2O2. The van der Waals surface area contributed by atoms with Gasteiger partial charge in [0.05, 0.1) is 5.92 Å². The third kappa shape index (κ3) is 4.18. The number of hydrogen-bond donors (Lipinski definition) is 1. The minimum Gasteiger partial charge on any atom is -0.460 e. The van der Waals surface area contributed by atoms with E-state index in [0.717, 1.165) is 25.9 Å². The Morgan fingerprint density at radius 1 is 1.53 bits per heavy atom. The summed E-state index contributed by atoms with van der Waals surface area (Å²) in [6.07, 6.45) is 1.95. The Bertz CT molecular complexity index is 223. The molecule has 0 unspecified atom stereocenters. The monoisotopic (exact) mass is 214 g/mol. The van der Waals surface area contributed by atoms with Crippen molar-refractivity contribution in [2.75, 3.05) is 19.8 Å². The highest BCUT2D eigenvalue weighted by atomic mass is 16.6. The molecule has 4 nitrogen and oxygen atoms in total. The van der Waals surface area contributed by atoms with Gasteiger partial charge in [0, 0.05) is 13.2 Å². The molecule has 4 heteroatoms. The lowest BCUT2D eigenvalue weighted by Gasteiger charge is -2.32. The fraction of sp³-hybridized carbons (Fsp3) is 0.909. The van der Waals surface area contributed by atoms with Crippen LogP contribution < -0.4 is 5.73 Å². The van der Waals surface area contributed by atoms with Crippen molar-refractivity contribution in [1.82, 2.24) is 4.90 Å². The molecule has 0 radical (unpaired) electrons. The minimum atomic E-state index is -0.387. The van der Waals surface area contributed by atoms with Crippen molar-refractivity contribution in [2.24, 2.45) is 11.7 Å². The second kappa shape index (κ2) is 4.94. The predicted molar refractivity (Wildman–Crippen MR) is 59.2 cm³/mol. The van der Waals surface area contributed by atoms with Crippen molar-refractivity contribution in [1.29, 1.82) is 0 Å². The summed E-state index contributed by atoms with van der Waals surface area (Å²) >= 11 is 0. The zero-order valence-corrected chi connectivity index (χ0v) is 9.95. The van der Waals surface area contributed by atoms with Crippen molar-refractivity contribution in [3.63, 3.8) is 0 Å². The van der Waals surface area contributed by atoms with E-state index in [4.69, 9.17) is 10.5 Å². The predicted octanol–water partition coefficient (Wildman–Crippen LogP) is 0.956. The van der Waals surface area contributed by atoms with Gasteiger partial charge in [-0.1, -0.05) is 0 Å². The van der Waals surface area contributed by atoms with Gasteiger partial charge in [-0.25, -0.2) is 0 Å². The van der Waals surface area contributed by atoms with Gasteiger partial charge in [0.2, 0.25) is 0 Å². The van der Waals surface area contributed by atoms with Gasteiger partial charge in [-0.3, -0.25) is 9.69 Å². The molecule has 0 amide bonds. The first kappa shape index (κ1) is 12.5. The summed E-state index contributed by atoms with van der Waals surface area (Å²) in [6, 6.07) is 0. The molecule has 1 heterocycles. The van der Waals surface area contributed by atoms with E-state index in [1.54, 1.807) is 0 Å². The quantitative estimate of drug-likeness (QED) is 0.696. The molecule has 0 aliphatic carbocycles. The molecule has 15 heavy (non-hydrogen) atoms. The maximum absolute atomic E-state index is 11.8.